The third-order valence-corrected chi connectivity index (χ3v) is 4.29. The summed E-state index contributed by atoms with van der Waals surface area (Å²) < 4.78 is 0. The van der Waals surface area contributed by atoms with Crippen molar-refractivity contribution in [2.75, 3.05) is 13.1 Å². The Kier molecular flexibility index (Phi) is 4.99. The Morgan fingerprint density at radius 3 is 2.32 bits per heavy atom. The summed E-state index contributed by atoms with van der Waals surface area (Å²) in [5, 5.41) is 9.62. The number of aryl methyl sites for hydroxylation is 1. The Hall–Kier alpha value is -1.33. The summed E-state index contributed by atoms with van der Waals surface area (Å²) in [5.74, 6) is 0. The van der Waals surface area contributed by atoms with Crippen LogP contribution >= 0.6 is 0 Å². The van der Waals surface area contributed by atoms with E-state index in [0.29, 0.717) is 0 Å². The molecule has 0 aromatic heterocycles. The van der Waals surface area contributed by atoms with Crippen LogP contribution in [0.25, 0.3) is 0 Å². The lowest BCUT2D eigenvalue weighted by Gasteiger charge is -2.35. The first-order valence-corrected chi connectivity index (χ1v) is 7.45. The van der Waals surface area contributed by atoms with Gasteiger partial charge in [0, 0.05) is 0 Å². The van der Waals surface area contributed by atoms with Crippen molar-refractivity contribution in [2.24, 2.45) is 0 Å². The lowest BCUT2D eigenvalue weighted by atomic mass is 9.92. The summed E-state index contributed by atoms with van der Waals surface area (Å²) in [6.45, 7) is 4.28. The second kappa shape index (κ2) is 6.73. The van der Waals surface area contributed by atoms with Gasteiger partial charge in [0.05, 0.1) is 6.07 Å². The molecule has 1 aliphatic heterocycles. The molecule has 0 amide bonds. The van der Waals surface area contributed by atoms with Crippen LogP contribution in [0.3, 0.4) is 0 Å². The molecule has 19 heavy (non-hydrogen) atoms. The first kappa shape index (κ1) is 14.1. The van der Waals surface area contributed by atoms with E-state index in [1.165, 1.54) is 31.2 Å². The van der Waals surface area contributed by atoms with E-state index in [4.69, 9.17) is 0 Å². The molecule has 1 unspecified atom stereocenters. The molecule has 0 radical (unpaired) electrons. The minimum atomic E-state index is -0.305. The topological polar surface area (TPSA) is 27.0 Å². The molecule has 0 aliphatic carbocycles. The zero-order valence-electron chi connectivity index (χ0n) is 11.9. The Morgan fingerprint density at radius 2 is 1.74 bits per heavy atom. The highest BCUT2D eigenvalue weighted by Crippen LogP contribution is 2.24. The zero-order chi connectivity index (χ0) is 13.6. The second-order valence-electron chi connectivity index (χ2n) is 5.77. The lowest BCUT2D eigenvalue weighted by Crippen LogP contribution is -2.46. The van der Waals surface area contributed by atoms with Crippen LogP contribution in [0.5, 0.6) is 0 Å². The van der Waals surface area contributed by atoms with Crippen molar-refractivity contribution in [3.8, 4) is 6.07 Å². The van der Waals surface area contributed by atoms with Crippen LogP contribution in [0, 0.1) is 11.3 Å². The second-order valence-corrected chi connectivity index (χ2v) is 5.77. The monoisotopic (exact) mass is 256 g/mol. The summed E-state index contributed by atoms with van der Waals surface area (Å²) in [5.41, 5.74) is 1.03. The molecule has 1 aromatic carbocycles. The number of nitriles is 1. The normalized spacial score (nSPS) is 20.2. The van der Waals surface area contributed by atoms with Crippen LogP contribution in [0.1, 0.15) is 44.6 Å². The molecular weight excluding hydrogens is 232 g/mol. The van der Waals surface area contributed by atoms with Gasteiger partial charge in [-0.3, -0.25) is 4.90 Å². The fourth-order valence-electron chi connectivity index (χ4n) is 2.88. The quantitative estimate of drug-likeness (QED) is 0.819. The molecule has 0 saturated carbocycles. The summed E-state index contributed by atoms with van der Waals surface area (Å²) in [6, 6.07) is 13.1. The van der Waals surface area contributed by atoms with Crippen LogP contribution in [0.2, 0.25) is 0 Å². The summed E-state index contributed by atoms with van der Waals surface area (Å²) in [7, 11) is 0. The minimum Gasteiger partial charge on any atom is -0.286 e. The molecule has 2 nitrogen and oxygen atoms in total. The van der Waals surface area contributed by atoms with Gasteiger partial charge < -0.3 is 0 Å². The van der Waals surface area contributed by atoms with E-state index in [-0.39, 0.29) is 5.54 Å². The number of benzene rings is 1. The van der Waals surface area contributed by atoms with Gasteiger partial charge in [-0.05, 0) is 51.3 Å². The molecule has 1 fully saturated rings. The Bertz CT molecular complexity index is 413. The lowest BCUT2D eigenvalue weighted by molar-refractivity contribution is 0.149. The van der Waals surface area contributed by atoms with Crippen molar-refractivity contribution in [1.82, 2.24) is 4.90 Å². The first-order chi connectivity index (χ1) is 9.24. The maximum absolute atomic E-state index is 9.62. The van der Waals surface area contributed by atoms with Crippen molar-refractivity contribution in [3.63, 3.8) is 0 Å². The molecule has 1 aromatic rings. The Morgan fingerprint density at radius 1 is 1.11 bits per heavy atom. The van der Waals surface area contributed by atoms with Gasteiger partial charge in [-0.15, -0.1) is 0 Å². The van der Waals surface area contributed by atoms with E-state index >= 15 is 0 Å². The molecule has 1 saturated heterocycles. The van der Waals surface area contributed by atoms with Crippen LogP contribution in [0.15, 0.2) is 30.3 Å². The first-order valence-electron chi connectivity index (χ1n) is 7.45. The maximum Gasteiger partial charge on any atom is 0.106 e. The van der Waals surface area contributed by atoms with Gasteiger partial charge in [0.1, 0.15) is 5.54 Å². The Labute approximate surface area is 117 Å². The highest BCUT2D eigenvalue weighted by molar-refractivity contribution is 5.17. The third-order valence-electron chi connectivity index (χ3n) is 4.29. The van der Waals surface area contributed by atoms with Crippen molar-refractivity contribution in [1.29, 1.82) is 5.26 Å². The summed E-state index contributed by atoms with van der Waals surface area (Å²) in [6.07, 6.45) is 7.02. The maximum atomic E-state index is 9.62. The number of nitrogens with zero attached hydrogens (tertiary/aromatic N) is 2. The van der Waals surface area contributed by atoms with E-state index < -0.39 is 0 Å². The molecule has 1 atom stereocenters. The molecule has 0 spiro atoms. The van der Waals surface area contributed by atoms with Gasteiger partial charge in [-0.1, -0.05) is 43.2 Å². The molecule has 0 bridgehead atoms. The van der Waals surface area contributed by atoms with Crippen LogP contribution in [-0.2, 0) is 6.42 Å². The molecule has 0 N–H and O–H groups in total. The highest BCUT2D eigenvalue weighted by atomic mass is 15.2. The fourth-order valence-corrected chi connectivity index (χ4v) is 2.88. The van der Waals surface area contributed by atoms with E-state index in [1.807, 2.05) is 6.07 Å². The number of hydrogen-bond donors (Lipinski definition) is 0. The number of rotatable bonds is 4. The Balaban J connectivity index is 1.99. The van der Waals surface area contributed by atoms with Crippen LogP contribution in [0.4, 0.5) is 0 Å². The predicted molar refractivity (Wildman–Crippen MR) is 78.8 cm³/mol. The smallest absolute Gasteiger partial charge is 0.106 e. The fraction of sp³-hybridized carbons (Fsp3) is 0.588. The summed E-state index contributed by atoms with van der Waals surface area (Å²) in [4.78, 5) is 2.41. The van der Waals surface area contributed by atoms with E-state index in [9.17, 15) is 5.26 Å². The van der Waals surface area contributed by atoms with Gasteiger partial charge in [-0.2, -0.15) is 5.26 Å². The van der Waals surface area contributed by atoms with Crippen molar-refractivity contribution < 1.29 is 0 Å². The molecule has 2 rings (SSSR count). The van der Waals surface area contributed by atoms with Crippen LogP contribution < -0.4 is 0 Å². The van der Waals surface area contributed by atoms with E-state index in [2.05, 4.69) is 42.2 Å². The van der Waals surface area contributed by atoms with E-state index in [0.717, 1.165) is 25.9 Å². The summed E-state index contributed by atoms with van der Waals surface area (Å²) >= 11 is 0. The number of hydrogen-bond acceptors (Lipinski definition) is 2. The molecule has 1 aliphatic rings. The van der Waals surface area contributed by atoms with Gasteiger partial charge in [0.15, 0.2) is 0 Å². The van der Waals surface area contributed by atoms with Crippen LogP contribution in [-0.4, -0.2) is 23.5 Å². The van der Waals surface area contributed by atoms with E-state index in [1.54, 1.807) is 0 Å². The molecule has 1 heterocycles. The molecular formula is C17H24N2. The molecule has 102 valence electrons. The third kappa shape index (κ3) is 3.81. The van der Waals surface area contributed by atoms with Gasteiger partial charge in [0.25, 0.3) is 0 Å². The largest absolute Gasteiger partial charge is 0.286 e. The zero-order valence-corrected chi connectivity index (χ0v) is 11.9. The van der Waals surface area contributed by atoms with Crippen molar-refractivity contribution >= 4 is 0 Å². The minimum absolute atomic E-state index is 0.305. The van der Waals surface area contributed by atoms with Gasteiger partial charge >= 0.3 is 0 Å². The van der Waals surface area contributed by atoms with Gasteiger partial charge in [0.2, 0.25) is 0 Å². The van der Waals surface area contributed by atoms with Crippen molar-refractivity contribution in [2.45, 2.75) is 51.0 Å². The number of likely N-dealkylation sites (tertiary alicyclic amines) is 1. The molecule has 2 heteroatoms. The average molecular weight is 256 g/mol. The van der Waals surface area contributed by atoms with Crippen molar-refractivity contribution in [3.05, 3.63) is 35.9 Å². The predicted octanol–water partition coefficient (Wildman–Crippen LogP) is 3.78. The van der Waals surface area contributed by atoms with Gasteiger partial charge in [-0.25, -0.2) is 0 Å². The SMILES string of the molecule is CC(C#N)(CCc1ccccc1)N1CCCCCC1. The average Bonchev–Trinajstić information content (AvgIpc) is 2.75. The standard InChI is InChI=1S/C17H24N2/c1-17(15-18,19-13-7-2-3-8-14-19)12-11-16-9-5-4-6-10-16/h4-6,9-10H,2-3,7-8,11-14H2,1H3. The highest BCUT2D eigenvalue weighted by Gasteiger charge is 2.31.